The maximum atomic E-state index is 12.2. The van der Waals surface area contributed by atoms with Gasteiger partial charge in [0.05, 0.1) is 0 Å². The summed E-state index contributed by atoms with van der Waals surface area (Å²) in [7, 11) is 0. The first-order chi connectivity index (χ1) is 13.1. The molecule has 2 atom stereocenters. The van der Waals surface area contributed by atoms with E-state index in [1.54, 1.807) is 0 Å². The Morgan fingerprint density at radius 1 is 0.926 bits per heavy atom. The third-order valence-corrected chi connectivity index (χ3v) is 5.26. The lowest BCUT2D eigenvalue weighted by atomic mass is 9.85. The van der Waals surface area contributed by atoms with E-state index in [0.717, 1.165) is 25.7 Å². The highest BCUT2D eigenvalue weighted by molar-refractivity contribution is 6.07. The fourth-order valence-corrected chi connectivity index (χ4v) is 3.61. The van der Waals surface area contributed by atoms with Crippen molar-refractivity contribution in [3.63, 3.8) is 0 Å². The average Bonchev–Trinajstić information content (AvgIpc) is 2.67. The number of carbonyl (C=O) groups excluding carboxylic acids is 2. The molecule has 4 heteroatoms. The van der Waals surface area contributed by atoms with Crippen LogP contribution in [0.5, 0.6) is 0 Å². The largest absolute Gasteiger partial charge is 0.511 e. The van der Waals surface area contributed by atoms with E-state index in [-0.39, 0.29) is 24.4 Å². The molecule has 0 heterocycles. The van der Waals surface area contributed by atoms with Crippen molar-refractivity contribution in [2.45, 2.75) is 76.7 Å². The van der Waals surface area contributed by atoms with E-state index in [9.17, 15) is 19.8 Å². The summed E-state index contributed by atoms with van der Waals surface area (Å²) >= 11 is 0. The van der Waals surface area contributed by atoms with Gasteiger partial charge in [0.1, 0.15) is 17.8 Å². The van der Waals surface area contributed by atoms with Gasteiger partial charge >= 0.3 is 0 Å². The van der Waals surface area contributed by atoms with Crippen molar-refractivity contribution in [2.75, 3.05) is 0 Å². The summed E-state index contributed by atoms with van der Waals surface area (Å²) in [4.78, 5) is 24.0. The number of aryl methyl sites for hydroxylation is 1. The second kappa shape index (κ2) is 11.7. The molecule has 148 valence electrons. The normalized spacial score (nSPS) is 19.7. The topological polar surface area (TPSA) is 74.6 Å². The highest BCUT2D eigenvalue weighted by Gasteiger charge is 2.36. The van der Waals surface area contributed by atoms with Crippen LogP contribution in [0, 0.1) is 5.92 Å². The van der Waals surface area contributed by atoms with Crippen LogP contribution in [0.1, 0.15) is 69.8 Å². The summed E-state index contributed by atoms with van der Waals surface area (Å²) in [5.74, 6) is -2.16. The maximum absolute atomic E-state index is 12.2. The zero-order valence-electron chi connectivity index (χ0n) is 16.1. The predicted molar refractivity (Wildman–Crippen MR) is 107 cm³/mol. The van der Waals surface area contributed by atoms with Gasteiger partial charge in [0, 0.05) is 12.8 Å². The summed E-state index contributed by atoms with van der Waals surface area (Å²) in [5, 5.41) is 19.3. The first-order valence-corrected chi connectivity index (χ1v) is 10.3. The van der Waals surface area contributed by atoms with Gasteiger partial charge in [-0.1, -0.05) is 68.9 Å². The average molecular weight is 373 g/mol. The minimum absolute atomic E-state index is 0.0970. The summed E-state index contributed by atoms with van der Waals surface area (Å²) in [6.07, 6.45) is 10.7. The molecule has 0 bridgehead atoms. The van der Waals surface area contributed by atoms with Crippen LogP contribution in [-0.2, 0) is 16.0 Å². The van der Waals surface area contributed by atoms with Crippen LogP contribution in [0.4, 0.5) is 0 Å². The van der Waals surface area contributed by atoms with Crippen LogP contribution < -0.4 is 0 Å². The van der Waals surface area contributed by atoms with Gasteiger partial charge in [0.25, 0.3) is 0 Å². The number of ketones is 2. The molecule has 2 N–H and O–H groups in total. The van der Waals surface area contributed by atoms with Crippen molar-refractivity contribution in [3.05, 3.63) is 47.7 Å². The molecule has 0 aliphatic heterocycles. The monoisotopic (exact) mass is 372 g/mol. The Morgan fingerprint density at radius 3 is 2.19 bits per heavy atom. The lowest BCUT2D eigenvalue weighted by Gasteiger charge is -2.21. The van der Waals surface area contributed by atoms with Crippen molar-refractivity contribution in [3.8, 4) is 0 Å². The third-order valence-electron chi connectivity index (χ3n) is 5.26. The van der Waals surface area contributed by atoms with Crippen LogP contribution in [0.25, 0.3) is 0 Å². The highest BCUT2D eigenvalue weighted by atomic mass is 16.3. The molecule has 1 aromatic carbocycles. The van der Waals surface area contributed by atoms with E-state index in [1.165, 1.54) is 43.7 Å². The molecular weight excluding hydrogens is 340 g/mol. The number of rotatable bonds is 12. The Balaban J connectivity index is 1.47. The summed E-state index contributed by atoms with van der Waals surface area (Å²) in [5.41, 5.74) is 1.41. The lowest BCUT2D eigenvalue weighted by Crippen LogP contribution is -2.37. The highest BCUT2D eigenvalue weighted by Crippen LogP contribution is 2.23. The predicted octanol–water partition coefficient (Wildman–Crippen LogP) is 4.70. The lowest BCUT2D eigenvalue weighted by molar-refractivity contribution is -0.138. The fourth-order valence-electron chi connectivity index (χ4n) is 3.61. The Hall–Kier alpha value is -1.94. The second-order valence-corrected chi connectivity index (χ2v) is 7.50. The van der Waals surface area contributed by atoms with E-state index < -0.39 is 17.8 Å². The summed E-state index contributed by atoms with van der Waals surface area (Å²) in [6.45, 7) is 0. The number of allylic oxidation sites excluding steroid dienone is 1. The standard InChI is InChI=1S/C23H32O4/c24-19(22-20(25)16-17-21(26)23(22)27)15-11-6-4-2-1-3-5-8-12-18-13-9-7-10-14-18/h7,9-10,13-14,16,21-22,25-26H,1-6,8,11-12,15,17H2/t21-,22+/m1/s1. The quantitative estimate of drug-likeness (QED) is 0.412. The smallest absolute Gasteiger partial charge is 0.179 e. The fraction of sp³-hybridized carbons (Fsp3) is 0.565. The molecule has 0 amide bonds. The molecule has 2 rings (SSSR count). The number of hydrogen-bond acceptors (Lipinski definition) is 4. The first kappa shape index (κ1) is 21.4. The van der Waals surface area contributed by atoms with Gasteiger partial charge in [-0.15, -0.1) is 0 Å². The molecule has 0 saturated carbocycles. The molecule has 0 saturated heterocycles. The van der Waals surface area contributed by atoms with Crippen LogP contribution in [0.15, 0.2) is 42.2 Å². The van der Waals surface area contributed by atoms with Crippen molar-refractivity contribution in [1.82, 2.24) is 0 Å². The minimum Gasteiger partial charge on any atom is -0.511 e. The van der Waals surface area contributed by atoms with Gasteiger partial charge in [-0.25, -0.2) is 0 Å². The zero-order valence-corrected chi connectivity index (χ0v) is 16.1. The second-order valence-electron chi connectivity index (χ2n) is 7.50. The number of aliphatic hydroxyl groups excluding tert-OH is 2. The molecule has 0 radical (unpaired) electrons. The summed E-state index contributed by atoms with van der Waals surface area (Å²) < 4.78 is 0. The number of unbranched alkanes of at least 4 members (excludes halogenated alkanes) is 7. The number of carbonyl (C=O) groups is 2. The first-order valence-electron chi connectivity index (χ1n) is 10.3. The van der Waals surface area contributed by atoms with Crippen molar-refractivity contribution in [2.24, 2.45) is 5.92 Å². The molecular formula is C23H32O4. The van der Waals surface area contributed by atoms with Crippen LogP contribution in [-0.4, -0.2) is 27.9 Å². The number of Topliss-reactive ketones (excluding diaryl/α,β-unsaturated/α-hetero) is 2. The Labute approximate surface area is 162 Å². The van der Waals surface area contributed by atoms with Gasteiger partial charge in [-0.05, 0) is 30.9 Å². The van der Waals surface area contributed by atoms with Crippen molar-refractivity contribution < 1.29 is 19.8 Å². The zero-order chi connectivity index (χ0) is 19.5. The molecule has 0 unspecified atom stereocenters. The van der Waals surface area contributed by atoms with Gasteiger partial charge in [0.2, 0.25) is 0 Å². The maximum Gasteiger partial charge on any atom is 0.179 e. The van der Waals surface area contributed by atoms with Crippen LogP contribution in [0.2, 0.25) is 0 Å². The Kier molecular flexibility index (Phi) is 9.26. The van der Waals surface area contributed by atoms with Crippen molar-refractivity contribution in [1.29, 1.82) is 0 Å². The Bertz CT molecular complexity index is 621. The van der Waals surface area contributed by atoms with Crippen molar-refractivity contribution >= 4 is 11.6 Å². The van der Waals surface area contributed by atoms with E-state index in [4.69, 9.17) is 0 Å². The van der Waals surface area contributed by atoms with Gasteiger partial charge in [-0.3, -0.25) is 9.59 Å². The van der Waals surface area contributed by atoms with Gasteiger partial charge in [0.15, 0.2) is 11.6 Å². The van der Waals surface area contributed by atoms with Crippen LogP contribution in [0.3, 0.4) is 0 Å². The van der Waals surface area contributed by atoms with E-state index in [2.05, 4.69) is 24.3 Å². The van der Waals surface area contributed by atoms with E-state index >= 15 is 0 Å². The molecule has 0 spiro atoms. The number of hydrogen-bond donors (Lipinski definition) is 2. The SMILES string of the molecule is O=C(CCCCCCCCCCc1ccccc1)[C@@H]1C(=O)[C@H](O)CC=C1O. The molecule has 27 heavy (non-hydrogen) atoms. The molecule has 1 aliphatic rings. The molecule has 1 aromatic rings. The van der Waals surface area contributed by atoms with Crippen LogP contribution >= 0.6 is 0 Å². The summed E-state index contributed by atoms with van der Waals surface area (Å²) in [6, 6.07) is 10.6. The minimum atomic E-state index is -1.16. The Morgan fingerprint density at radius 2 is 1.52 bits per heavy atom. The number of aliphatic hydroxyl groups is 2. The van der Waals surface area contributed by atoms with Gasteiger partial charge in [-0.2, -0.15) is 0 Å². The molecule has 1 aliphatic carbocycles. The number of benzene rings is 1. The van der Waals surface area contributed by atoms with E-state index in [0.29, 0.717) is 0 Å². The third kappa shape index (κ3) is 7.30. The molecule has 0 aromatic heterocycles. The molecule has 0 fully saturated rings. The molecule has 4 nitrogen and oxygen atoms in total. The van der Waals surface area contributed by atoms with Gasteiger partial charge < -0.3 is 10.2 Å². The van der Waals surface area contributed by atoms with E-state index in [1.807, 2.05) is 6.07 Å².